The molecule has 3 nitrogen and oxygen atoms in total. The Morgan fingerprint density at radius 1 is 1.33 bits per heavy atom. The standard InChI is InChI=1S/C14H19ClN2O/c1-9(15)13-16-12-10(17(13)14(2,3)4)7-6-8-11(12)18-5/h6-9H,1-5H3. The SMILES string of the molecule is COc1cccc2c1nc(C(C)Cl)n2C(C)(C)C. The first kappa shape index (κ1) is 13.2. The zero-order chi connectivity index (χ0) is 13.5. The number of ether oxygens (including phenoxy) is 1. The van der Waals surface area contributed by atoms with Gasteiger partial charge in [0.05, 0.1) is 18.0 Å². The molecule has 2 rings (SSSR count). The number of alkyl halides is 1. The van der Waals surface area contributed by atoms with Crippen LogP contribution < -0.4 is 4.74 Å². The summed E-state index contributed by atoms with van der Waals surface area (Å²) >= 11 is 6.26. The van der Waals surface area contributed by atoms with Crippen LogP contribution in [0.1, 0.15) is 38.9 Å². The molecule has 1 aromatic heterocycles. The first-order valence-corrected chi connectivity index (χ1v) is 6.50. The van der Waals surface area contributed by atoms with Crippen molar-refractivity contribution < 1.29 is 4.74 Å². The Kier molecular flexibility index (Phi) is 3.28. The van der Waals surface area contributed by atoms with Gasteiger partial charge < -0.3 is 9.30 Å². The fourth-order valence-corrected chi connectivity index (χ4v) is 2.37. The highest BCUT2D eigenvalue weighted by Gasteiger charge is 2.24. The number of nitrogens with zero attached hydrogens (tertiary/aromatic N) is 2. The molecule has 1 unspecified atom stereocenters. The smallest absolute Gasteiger partial charge is 0.146 e. The number of rotatable bonds is 2. The predicted octanol–water partition coefficient (Wildman–Crippen LogP) is 4.10. The number of benzene rings is 1. The Hall–Kier alpha value is -1.22. The predicted molar refractivity (Wildman–Crippen MR) is 75.5 cm³/mol. The van der Waals surface area contributed by atoms with E-state index >= 15 is 0 Å². The lowest BCUT2D eigenvalue weighted by Crippen LogP contribution is -2.24. The molecule has 0 fully saturated rings. The van der Waals surface area contributed by atoms with Crippen LogP contribution in [0.3, 0.4) is 0 Å². The maximum Gasteiger partial charge on any atom is 0.146 e. The van der Waals surface area contributed by atoms with Crippen molar-refractivity contribution in [1.29, 1.82) is 0 Å². The van der Waals surface area contributed by atoms with Gasteiger partial charge in [0, 0.05) is 5.54 Å². The van der Waals surface area contributed by atoms with E-state index in [0.29, 0.717) is 0 Å². The number of methoxy groups -OCH3 is 1. The van der Waals surface area contributed by atoms with Gasteiger partial charge in [0.15, 0.2) is 0 Å². The highest BCUT2D eigenvalue weighted by Crippen LogP contribution is 2.34. The maximum absolute atomic E-state index is 6.26. The van der Waals surface area contributed by atoms with Gasteiger partial charge in [0.2, 0.25) is 0 Å². The molecule has 2 aromatic rings. The molecule has 0 aliphatic rings. The van der Waals surface area contributed by atoms with Crippen molar-refractivity contribution in [2.75, 3.05) is 7.11 Å². The lowest BCUT2D eigenvalue weighted by atomic mass is 10.1. The second-order valence-corrected chi connectivity index (χ2v) is 6.07. The molecule has 18 heavy (non-hydrogen) atoms. The molecule has 0 spiro atoms. The Bertz CT molecular complexity index is 567. The van der Waals surface area contributed by atoms with Gasteiger partial charge in [0.1, 0.15) is 17.1 Å². The number of hydrogen-bond acceptors (Lipinski definition) is 2. The van der Waals surface area contributed by atoms with Crippen LogP contribution in [0.25, 0.3) is 11.0 Å². The van der Waals surface area contributed by atoms with Crippen LogP contribution in [0.2, 0.25) is 0 Å². The summed E-state index contributed by atoms with van der Waals surface area (Å²) < 4.78 is 7.55. The minimum atomic E-state index is -0.138. The molecular formula is C14H19ClN2O. The van der Waals surface area contributed by atoms with Crippen LogP contribution in [-0.4, -0.2) is 16.7 Å². The van der Waals surface area contributed by atoms with Gasteiger partial charge in [-0.25, -0.2) is 4.98 Å². The topological polar surface area (TPSA) is 27.1 Å². The van der Waals surface area contributed by atoms with Gasteiger partial charge in [-0.15, -0.1) is 11.6 Å². The average molecular weight is 267 g/mol. The Labute approximate surface area is 113 Å². The summed E-state index contributed by atoms with van der Waals surface area (Å²) in [6.07, 6.45) is 0. The second kappa shape index (κ2) is 4.47. The van der Waals surface area contributed by atoms with Gasteiger partial charge >= 0.3 is 0 Å². The van der Waals surface area contributed by atoms with E-state index in [9.17, 15) is 0 Å². The molecule has 1 atom stereocenters. The van der Waals surface area contributed by atoms with Crippen molar-refractivity contribution in [3.63, 3.8) is 0 Å². The van der Waals surface area contributed by atoms with Gasteiger partial charge in [-0.3, -0.25) is 0 Å². The highest BCUT2D eigenvalue weighted by atomic mass is 35.5. The van der Waals surface area contributed by atoms with Crippen molar-refractivity contribution in [3.05, 3.63) is 24.0 Å². The molecule has 0 aliphatic carbocycles. The number of aromatic nitrogens is 2. The lowest BCUT2D eigenvalue weighted by molar-refractivity contribution is 0.394. The summed E-state index contributed by atoms with van der Waals surface area (Å²) in [5.74, 6) is 1.66. The van der Waals surface area contributed by atoms with E-state index in [-0.39, 0.29) is 10.9 Å². The van der Waals surface area contributed by atoms with Crippen LogP contribution in [0.5, 0.6) is 5.75 Å². The lowest BCUT2D eigenvalue weighted by Gasteiger charge is -2.25. The normalized spacial score (nSPS) is 13.9. The summed E-state index contributed by atoms with van der Waals surface area (Å²) in [4.78, 5) is 4.66. The van der Waals surface area contributed by atoms with Gasteiger partial charge in [-0.05, 0) is 39.8 Å². The van der Waals surface area contributed by atoms with Crippen LogP contribution in [0, 0.1) is 0 Å². The summed E-state index contributed by atoms with van der Waals surface area (Å²) in [5.41, 5.74) is 1.86. The number of para-hydroxylation sites is 1. The molecule has 0 N–H and O–H groups in total. The fourth-order valence-electron chi connectivity index (χ4n) is 2.23. The van der Waals surface area contributed by atoms with Crippen molar-refractivity contribution in [2.45, 2.75) is 38.6 Å². The summed E-state index contributed by atoms with van der Waals surface area (Å²) in [7, 11) is 1.66. The molecule has 0 saturated carbocycles. The minimum absolute atomic E-state index is 0.0698. The number of halogens is 1. The fraction of sp³-hybridized carbons (Fsp3) is 0.500. The minimum Gasteiger partial charge on any atom is -0.494 e. The Morgan fingerprint density at radius 3 is 2.50 bits per heavy atom. The van der Waals surface area contributed by atoms with Crippen LogP contribution >= 0.6 is 11.6 Å². The van der Waals surface area contributed by atoms with E-state index in [1.165, 1.54) is 0 Å². The van der Waals surface area contributed by atoms with E-state index in [1.54, 1.807) is 7.11 Å². The molecule has 1 aromatic carbocycles. The first-order valence-electron chi connectivity index (χ1n) is 6.06. The molecule has 0 amide bonds. The van der Waals surface area contributed by atoms with Crippen molar-refractivity contribution in [2.24, 2.45) is 0 Å². The number of imidazole rings is 1. The quantitative estimate of drug-likeness (QED) is 0.765. The van der Waals surface area contributed by atoms with Gasteiger partial charge in [0.25, 0.3) is 0 Å². The molecule has 0 aliphatic heterocycles. The van der Waals surface area contributed by atoms with E-state index in [4.69, 9.17) is 16.3 Å². The number of hydrogen-bond donors (Lipinski definition) is 0. The first-order chi connectivity index (χ1) is 8.36. The third-order valence-electron chi connectivity index (χ3n) is 2.92. The van der Waals surface area contributed by atoms with E-state index in [0.717, 1.165) is 22.6 Å². The van der Waals surface area contributed by atoms with Crippen molar-refractivity contribution in [1.82, 2.24) is 9.55 Å². The maximum atomic E-state index is 6.26. The highest BCUT2D eigenvalue weighted by molar-refractivity contribution is 6.20. The third-order valence-corrected chi connectivity index (χ3v) is 3.12. The van der Waals surface area contributed by atoms with Crippen LogP contribution in [0.15, 0.2) is 18.2 Å². The number of fused-ring (bicyclic) bond motifs is 1. The van der Waals surface area contributed by atoms with Gasteiger partial charge in [-0.1, -0.05) is 6.07 Å². The molecular weight excluding hydrogens is 248 g/mol. The van der Waals surface area contributed by atoms with E-state index in [1.807, 2.05) is 19.1 Å². The van der Waals surface area contributed by atoms with Crippen LogP contribution in [-0.2, 0) is 5.54 Å². The Morgan fingerprint density at radius 2 is 2.00 bits per heavy atom. The Balaban J connectivity index is 2.84. The summed E-state index contributed by atoms with van der Waals surface area (Å²) in [5, 5.41) is -0.138. The average Bonchev–Trinajstić information content (AvgIpc) is 2.67. The molecule has 4 heteroatoms. The zero-order valence-electron chi connectivity index (χ0n) is 11.5. The van der Waals surface area contributed by atoms with E-state index in [2.05, 4.69) is 36.4 Å². The molecule has 0 radical (unpaired) electrons. The largest absolute Gasteiger partial charge is 0.494 e. The zero-order valence-corrected chi connectivity index (χ0v) is 12.2. The van der Waals surface area contributed by atoms with Gasteiger partial charge in [-0.2, -0.15) is 0 Å². The molecule has 0 saturated heterocycles. The summed E-state index contributed by atoms with van der Waals surface area (Å²) in [6.45, 7) is 8.39. The monoisotopic (exact) mass is 266 g/mol. The third kappa shape index (κ3) is 2.07. The second-order valence-electron chi connectivity index (χ2n) is 5.42. The molecule has 1 heterocycles. The summed E-state index contributed by atoms with van der Waals surface area (Å²) in [6, 6.07) is 5.96. The van der Waals surface area contributed by atoms with Crippen LogP contribution in [0.4, 0.5) is 0 Å². The molecule has 98 valence electrons. The molecule has 0 bridgehead atoms. The van der Waals surface area contributed by atoms with Crippen molar-refractivity contribution >= 4 is 22.6 Å². The van der Waals surface area contributed by atoms with E-state index < -0.39 is 0 Å². The van der Waals surface area contributed by atoms with Crippen molar-refractivity contribution in [3.8, 4) is 5.75 Å².